The van der Waals surface area contributed by atoms with Crippen LogP contribution in [0.2, 0.25) is 0 Å². The molecule has 128 valence electrons. The van der Waals surface area contributed by atoms with Gasteiger partial charge in [0.25, 0.3) is 0 Å². The summed E-state index contributed by atoms with van der Waals surface area (Å²) in [6, 6.07) is 15.8. The van der Waals surface area contributed by atoms with E-state index >= 15 is 0 Å². The number of amides is 1. The minimum Gasteiger partial charge on any atom is -0.448 e. The molecule has 2 aliphatic rings. The van der Waals surface area contributed by atoms with Crippen molar-refractivity contribution in [3.05, 3.63) is 59.7 Å². The van der Waals surface area contributed by atoms with Gasteiger partial charge >= 0.3 is 6.09 Å². The molecule has 0 bridgehead atoms. The van der Waals surface area contributed by atoms with Crippen LogP contribution in [0.4, 0.5) is 4.79 Å². The predicted octanol–water partition coefficient (Wildman–Crippen LogP) is 2.84. The summed E-state index contributed by atoms with van der Waals surface area (Å²) in [5.74, 6) is 0.0204. The lowest BCUT2D eigenvalue weighted by atomic mass is 9.98. The molecule has 1 unspecified atom stereocenters. The van der Waals surface area contributed by atoms with Crippen LogP contribution in [0.5, 0.6) is 0 Å². The molecule has 0 saturated carbocycles. The van der Waals surface area contributed by atoms with Crippen LogP contribution in [-0.2, 0) is 14.3 Å². The molecule has 2 aromatic carbocycles. The summed E-state index contributed by atoms with van der Waals surface area (Å²) < 4.78 is 10.8. The number of hydrogen-bond donors (Lipinski definition) is 0. The molecule has 1 atom stereocenters. The monoisotopic (exact) mass is 337 g/mol. The first-order valence-corrected chi connectivity index (χ1v) is 8.44. The smallest absolute Gasteiger partial charge is 0.410 e. The maximum atomic E-state index is 12.4. The number of benzene rings is 2. The van der Waals surface area contributed by atoms with Crippen molar-refractivity contribution in [3.8, 4) is 11.1 Å². The van der Waals surface area contributed by atoms with Gasteiger partial charge < -0.3 is 14.3 Å². The van der Waals surface area contributed by atoms with Crippen molar-refractivity contribution < 1.29 is 19.1 Å². The third kappa shape index (κ3) is 2.81. The minimum atomic E-state index is -0.565. The van der Waals surface area contributed by atoms with Gasteiger partial charge in [-0.3, -0.25) is 4.90 Å². The van der Waals surface area contributed by atoms with Crippen LogP contribution in [0.15, 0.2) is 48.5 Å². The average Bonchev–Trinajstić information content (AvgIpc) is 3.00. The second kappa shape index (κ2) is 6.69. The third-order valence-corrected chi connectivity index (χ3v) is 4.89. The number of ether oxygens (including phenoxy) is 2. The lowest BCUT2D eigenvalue weighted by molar-refractivity contribution is -0.117. The van der Waals surface area contributed by atoms with Gasteiger partial charge in [0.2, 0.25) is 0 Å². The van der Waals surface area contributed by atoms with E-state index in [0.717, 1.165) is 6.29 Å². The van der Waals surface area contributed by atoms with Crippen molar-refractivity contribution in [3.63, 3.8) is 0 Å². The van der Waals surface area contributed by atoms with Crippen LogP contribution in [0.1, 0.15) is 17.0 Å². The number of hydrogen-bond acceptors (Lipinski definition) is 4. The van der Waals surface area contributed by atoms with E-state index in [2.05, 4.69) is 24.3 Å². The lowest BCUT2D eigenvalue weighted by Gasteiger charge is -2.31. The second-order valence-electron chi connectivity index (χ2n) is 6.28. The molecule has 0 aromatic heterocycles. The molecule has 4 rings (SSSR count). The first-order valence-electron chi connectivity index (χ1n) is 8.44. The van der Waals surface area contributed by atoms with Crippen molar-refractivity contribution in [2.24, 2.45) is 0 Å². The van der Waals surface area contributed by atoms with Gasteiger partial charge in [-0.05, 0) is 22.3 Å². The number of aldehydes is 1. The topological polar surface area (TPSA) is 55.8 Å². The lowest BCUT2D eigenvalue weighted by Crippen LogP contribution is -2.49. The molecule has 1 heterocycles. The standard InChI is InChI=1S/C20H19NO4/c22-11-14-12-24-10-9-21(14)20(23)25-13-19-17-7-3-1-5-15(17)16-6-2-4-8-18(16)19/h1-8,11,14,19H,9-10,12-13H2. The maximum absolute atomic E-state index is 12.4. The number of nitrogens with zero attached hydrogens (tertiary/aromatic N) is 1. The SMILES string of the molecule is O=CC1COCCN1C(=O)OCC1c2ccccc2-c2ccccc21. The number of carbonyl (C=O) groups excluding carboxylic acids is 2. The van der Waals surface area contributed by atoms with Gasteiger partial charge in [-0.25, -0.2) is 4.79 Å². The number of fused-ring (bicyclic) bond motifs is 3. The van der Waals surface area contributed by atoms with E-state index in [1.165, 1.54) is 27.2 Å². The summed E-state index contributed by atoms with van der Waals surface area (Å²) in [5, 5.41) is 0. The van der Waals surface area contributed by atoms with Crippen molar-refractivity contribution in [2.75, 3.05) is 26.4 Å². The molecule has 0 N–H and O–H groups in total. The van der Waals surface area contributed by atoms with E-state index in [1.807, 2.05) is 24.3 Å². The van der Waals surface area contributed by atoms with Gasteiger partial charge in [0.1, 0.15) is 18.9 Å². The quantitative estimate of drug-likeness (QED) is 0.808. The molecule has 1 aliphatic heterocycles. The fourth-order valence-electron chi connectivity index (χ4n) is 3.64. The molecule has 0 spiro atoms. The van der Waals surface area contributed by atoms with E-state index in [-0.39, 0.29) is 19.1 Å². The van der Waals surface area contributed by atoms with E-state index < -0.39 is 12.1 Å². The number of carbonyl (C=O) groups is 2. The van der Waals surface area contributed by atoms with E-state index in [1.54, 1.807) is 0 Å². The molecule has 1 amide bonds. The zero-order valence-electron chi connectivity index (χ0n) is 13.8. The van der Waals surface area contributed by atoms with E-state index in [0.29, 0.717) is 13.2 Å². The van der Waals surface area contributed by atoms with Crippen LogP contribution < -0.4 is 0 Å². The first-order chi connectivity index (χ1) is 12.3. The molecule has 5 heteroatoms. The predicted molar refractivity (Wildman–Crippen MR) is 92.4 cm³/mol. The van der Waals surface area contributed by atoms with Crippen LogP contribution in [-0.4, -0.2) is 49.7 Å². The highest BCUT2D eigenvalue weighted by molar-refractivity contribution is 5.79. The third-order valence-electron chi connectivity index (χ3n) is 4.89. The summed E-state index contributed by atoms with van der Waals surface area (Å²) >= 11 is 0. The molecule has 1 aliphatic carbocycles. The van der Waals surface area contributed by atoms with Gasteiger partial charge in [0.15, 0.2) is 0 Å². The van der Waals surface area contributed by atoms with Crippen LogP contribution in [0.25, 0.3) is 11.1 Å². The largest absolute Gasteiger partial charge is 0.448 e. The van der Waals surface area contributed by atoms with Crippen molar-refractivity contribution in [1.29, 1.82) is 0 Å². The Balaban J connectivity index is 1.53. The van der Waals surface area contributed by atoms with Gasteiger partial charge in [-0.2, -0.15) is 0 Å². The Bertz CT molecular complexity index is 758. The fraction of sp³-hybridized carbons (Fsp3) is 0.300. The minimum absolute atomic E-state index is 0.0204. The van der Waals surface area contributed by atoms with E-state index in [4.69, 9.17) is 9.47 Å². The summed E-state index contributed by atoms with van der Waals surface area (Å²) in [7, 11) is 0. The average molecular weight is 337 g/mol. The number of morpholine rings is 1. The summed E-state index contributed by atoms with van der Waals surface area (Å²) in [6.45, 7) is 1.29. The van der Waals surface area contributed by atoms with Crippen molar-refractivity contribution >= 4 is 12.4 Å². The second-order valence-corrected chi connectivity index (χ2v) is 6.28. The van der Waals surface area contributed by atoms with Gasteiger partial charge in [0, 0.05) is 12.5 Å². The van der Waals surface area contributed by atoms with Crippen LogP contribution in [0, 0.1) is 0 Å². The summed E-state index contributed by atoms with van der Waals surface area (Å²) in [5.41, 5.74) is 4.73. The molecular formula is C20H19NO4. The van der Waals surface area contributed by atoms with Crippen molar-refractivity contribution in [1.82, 2.24) is 4.90 Å². The van der Waals surface area contributed by atoms with Crippen LogP contribution in [0.3, 0.4) is 0 Å². The first kappa shape index (κ1) is 15.8. The fourth-order valence-corrected chi connectivity index (χ4v) is 3.64. The normalized spacial score (nSPS) is 19.2. The Morgan fingerprint density at radius 2 is 1.76 bits per heavy atom. The Hall–Kier alpha value is -2.66. The Kier molecular flexibility index (Phi) is 4.24. The van der Waals surface area contributed by atoms with Crippen LogP contribution >= 0.6 is 0 Å². The van der Waals surface area contributed by atoms with Crippen molar-refractivity contribution in [2.45, 2.75) is 12.0 Å². The maximum Gasteiger partial charge on any atom is 0.410 e. The summed E-state index contributed by atoms with van der Waals surface area (Å²) in [4.78, 5) is 25.0. The Morgan fingerprint density at radius 3 is 2.40 bits per heavy atom. The zero-order chi connectivity index (χ0) is 17.2. The summed E-state index contributed by atoms with van der Waals surface area (Å²) in [6.07, 6.45) is 0.280. The molecule has 1 fully saturated rings. The Labute approximate surface area is 146 Å². The van der Waals surface area contributed by atoms with Gasteiger partial charge in [0.05, 0.1) is 13.2 Å². The molecule has 2 aromatic rings. The van der Waals surface area contributed by atoms with Gasteiger partial charge in [-0.15, -0.1) is 0 Å². The molecule has 0 radical (unpaired) electrons. The van der Waals surface area contributed by atoms with Gasteiger partial charge in [-0.1, -0.05) is 48.5 Å². The Morgan fingerprint density at radius 1 is 1.12 bits per heavy atom. The zero-order valence-corrected chi connectivity index (χ0v) is 13.8. The molecule has 25 heavy (non-hydrogen) atoms. The molecular weight excluding hydrogens is 318 g/mol. The highest BCUT2D eigenvalue weighted by Crippen LogP contribution is 2.44. The highest BCUT2D eigenvalue weighted by atomic mass is 16.6. The van der Waals surface area contributed by atoms with E-state index in [9.17, 15) is 9.59 Å². The number of rotatable bonds is 3. The molecule has 1 saturated heterocycles. The highest BCUT2D eigenvalue weighted by Gasteiger charge is 2.32. The molecule has 5 nitrogen and oxygen atoms in total.